The van der Waals surface area contributed by atoms with Crippen LogP contribution in [-0.2, 0) is 0 Å². The molecular formula is C26H27F3IN5O. The van der Waals surface area contributed by atoms with Gasteiger partial charge in [-0.15, -0.1) is 0 Å². The number of alkyl halides is 1. The van der Waals surface area contributed by atoms with Gasteiger partial charge in [-0.05, 0) is 91.2 Å². The molecule has 3 aromatic rings. The fourth-order valence-corrected chi connectivity index (χ4v) is 5.19. The van der Waals surface area contributed by atoms with E-state index in [1.807, 2.05) is 22.6 Å². The zero-order chi connectivity index (χ0) is 25.8. The Morgan fingerprint density at radius 3 is 2.72 bits per heavy atom. The first kappa shape index (κ1) is 26.3. The van der Waals surface area contributed by atoms with Crippen LogP contribution in [-0.4, -0.2) is 35.6 Å². The van der Waals surface area contributed by atoms with Crippen LogP contribution in [0.3, 0.4) is 0 Å². The lowest BCUT2D eigenvalue weighted by Crippen LogP contribution is -2.35. The van der Waals surface area contributed by atoms with Gasteiger partial charge in [-0.25, -0.2) is 23.1 Å². The molecule has 1 saturated carbocycles. The first-order valence-corrected chi connectivity index (χ1v) is 12.8. The molecule has 0 radical (unpaired) electrons. The molecule has 3 atom stereocenters. The van der Waals surface area contributed by atoms with Crippen molar-refractivity contribution in [3.05, 3.63) is 74.6 Å². The second kappa shape index (κ2) is 11.5. The Morgan fingerprint density at radius 2 is 2.03 bits per heavy atom. The monoisotopic (exact) mass is 609 g/mol. The molecule has 1 heterocycles. The molecule has 1 fully saturated rings. The Bertz CT molecular complexity index is 1240. The first-order chi connectivity index (χ1) is 17.2. The Labute approximate surface area is 221 Å². The fourth-order valence-electron chi connectivity index (χ4n) is 4.54. The van der Waals surface area contributed by atoms with Gasteiger partial charge in [0, 0.05) is 21.6 Å². The number of benzene rings is 2. The predicted molar refractivity (Wildman–Crippen MR) is 141 cm³/mol. The van der Waals surface area contributed by atoms with Gasteiger partial charge in [-0.1, -0.05) is 6.07 Å². The van der Waals surface area contributed by atoms with Crippen molar-refractivity contribution in [2.75, 3.05) is 19.3 Å². The van der Waals surface area contributed by atoms with Crippen molar-refractivity contribution >= 4 is 34.3 Å². The van der Waals surface area contributed by atoms with Gasteiger partial charge in [-0.3, -0.25) is 4.79 Å². The van der Waals surface area contributed by atoms with Crippen molar-refractivity contribution in [2.45, 2.75) is 43.8 Å². The summed E-state index contributed by atoms with van der Waals surface area (Å²) in [5, 5.41) is 5.74. The van der Waals surface area contributed by atoms with Gasteiger partial charge in [0.2, 0.25) is 0 Å². The molecule has 1 amide bonds. The predicted octanol–water partition coefficient (Wildman–Crippen LogP) is 5.29. The Kier molecular flexibility index (Phi) is 8.45. The second-order valence-electron chi connectivity index (χ2n) is 8.97. The molecule has 0 spiro atoms. The number of anilines is 1. The number of carbonyl (C=O) groups excluding carboxylic acids is 1. The minimum absolute atomic E-state index is 0.0644. The highest BCUT2D eigenvalue weighted by molar-refractivity contribution is 14.1. The number of halogens is 4. The van der Waals surface area contributed by atoms with Gasteiger partial charge in [0.15, 0.2) is 0 Å². The summed E-state index contributed by atoms with van der Waals surface area (Å²) in [6, 6.07) is 8.02. The van der Waals surface area contributed by atoms with E-state index in [0.717, 1.165) is 12.8 Å². The van der Waals surface area contributed by atoms with Crippen LogP contribution in [0.15, 0.2) is 42.6 Å². The minimum atomic E-state index is -0.871. The summed E-state index contributed by atoms with van der Waals surface area (Å²) in [5.41, 5.74) is 7.72. The summed E-state index contributed by atoms with van der Waals surface area (Å²) >= 11 is 2.00. The van der Waals surface area contributed by atoms with Crippen molar-refractivity contribution in [1.82, 2.24) is 20.6 Å². The van der Waals surface area contributed by atoms with Gasteiger partial charge in [0.05, 0.1) is 23.5 Å². The van der Waals surface area contributed by atoms with E-state index in [0.29, 0.717) is 45.5 Å². The highest BCUT2D eigenvalue weighted by atomic mass is 127. The van der Waals surface area contributed by atoms with Crippen molar-refractivity contribution in [3.63, 3.8) is 0 Å². The summed E-state index contributed by atoms with van der Waals surface area (Å²) in [6.45, 7) is 0.324. The number of carbonyl (C=O) groups is 1. The van der Waals surface area contributed by atoms with Crippen LogP contribution < -0.4 is 16.4 Å². The van der Waals surface area contributed by atoms with E-state index in [4.69, 9.17) is 5.73 Å². The molecule has 1 aliphatic carbocycles. The molecular weight excluding hydrogens is 582 g/mol. The largest absolute Gasteiger partial charge is 0.382 e. The lowest BCUT2D eigenvalue weighted by atomic mass is 9.86. The van der Waals surface area contributed by atoms with E-state index in [1.54, 1.807) is 25.4 Å². The second-order valence-corrected chi connectivity index (χ2v) is 10.2. The van der Waals surface area contributed by atoms with E-state index in [9.17, 15) is 13.6 Å². The molecule has 0 bridgehead atoms. The third kappa shape index (κ3) is 6.15. The van der Waals surface area contributed by atoms with E-state index < -0.39 is 29.8 Å². The zero-order valence-corrected chi connectivity index (χ0v) is 21.9. The third-order valence-electron chi connectivity index (χ3n) is 6.34. The molecule has 190 valence electrons. The Morgan fingerprint density at radius 1 is 1.22 bits per heavy atom. The van der Waals surface area contributed by atoms with Crippen LogP contribution in [0.1, 0.15) is 59.3 Å². The summed E-state index contributed by atoms with van der Waals surface area (Å²) in [7, 11) is 1.71. The number of rotatable bonds is 7. The van der Waals surface area contributed by atoms with Crippen molar-refractivity contribution in [2.24, 2.45) is 0 Å². The fraction of sp³-hybridized carbons (Fsp3) is 0.346. The molecule has 1 aliphatic rings. The van der Waals surface area contributed by atoms with Crippen LogP contribution >= 0.6 is 22.6 Å². The van der Waals surface area contributed by atoms with Gasteiger partial charge >= 0.3 is 0 Å². The van der Waals surface area contributed by atoms with Gasteiger partial charge < -0.3 is 16.4 Å². The summed E-state index contributed by atoms with van der Waals surface area (Å²) < 4.78 is 43.6. The molecule has 0 saturated heterocycles. The molecule has 1 aromatic heterocycles. The lowest BCUT2D eigenvalue weighted by molar-refractivity contribution is 0.0932. The highest BCUT2D eigenvalue weighted by Crippen LogP contribution is 2.35. The number of amides is 1. The van der Waals surface area contributed by atoms with Gasteiger partial charge in [0.25, 0.3) is 5.91 Å². The number of likely N-dealkylation sites (N-methyl/N-ethyl adjacent to an activating group) is 1. The van der Waals surface area contributed by atoms with Gasteiger partial charge in [-0.2, -0.15) is 0 Å². The number of aromatic nitrogens is 2. The number of nitrogen functional groups attached to an aromatic ring is 1. The lowest BCUT2D eigenvalue weighted by Gasteiger charge is -2.24. The molecule has 0 unspecified atom stereocenters. The smallest absolute Gasteiger partial charge is 0.254 e. The number of nitrogens with two attached hydrogens (primary N) is 1. The number of hydrogen-bond acceptors (Lipinski definition) is 5. The number of nitrogens with one attached hydrogen (secondary N) is 2. The molecule has 6 nitrogen and oxygen atoms in total. The standard InChI is InChI=1S/C26H27F3IN5O/c1-32-12-22(16-8-18(28)11-19(30)9-16)35-26(36)20-6-5-15(10-21(20)29)24-25(31)33-13-23(34-24)14-3-2-4-17(27)7-14/h5-6,8-11,13-14,17,22,32H,2-4,7,12H2,1H3,(H2,31,33)(H,35,36)/t14-,17+,22-/m1/s1. The van der Waals surface area contributed by atoms with Crippen LogP contribution in [0, 0.1) is 15.2 Å². The Balaban J connectivity index is 1.57. The maximum Gasteiger partial charge on any atom is 0.254 e. The zero-order valence-electron chi connectivity index (χ0n) is 19.7. The van der Waals surface area contributed by atoms with Gasteiger partial charge in [0.1, 0.15) is 29.3 Å². The van der Waals surface area contributed by atoms with Crippen LogP contribution in [0.2, 0.25) is 0 Å². The maximum absolute atomic E-state index is 15.1. The average molecular weight is 609 g/mol. The highest BCUT2D eigenvalue weighted by Gasteiger charge is 2.25. The topological polar surface area (TPSA) is 92.9 Å². The average Bonchev–Trinajstić information content (AvgIpc) is 2.83. The molecule has 10 heteroatoms. The van der Waals surface area contributed by atoms with Crippen molar-refractivity contribution < 1.29 is 18.0 Å². The number of nitrogens with zero attached hydrogens (tertiary/aromatic N) is 2. The summed E-state index contributed by atoms with van der Waals surface area (Å²) in [6.07, 6.45) is 3.19. The molecule has 0 aliphatic heterocycles. The van der Waals surface area contributed by atoms with Crippen LogP contribution in [0.4, 0.5) is 19.0 Å². The van der Waals surface area contributed by atoms with Crippen molar-refractivity contribution in [3.8, 4) is 11.3 Å². The first-order valence-electron chi connectivity index (χ1n) is 11.7. The quantitative estimate of drug-likeness (QED) is 0.317. The Hall–Kier alpha value is -2.73. The third-order valence-corrected chi connectivity index (χ3v) is 6.96. The van der Waals surface area contributed by atoms with Crippen molar-refractivity contribution in [1.29, 1.82) is 0 Å². The normalized spacial score (nSPS) is 18.6. The molecule has 2 aromatic carbocycles. The SMILES string of the molecule is CNC[C@@H](NC(=O)c1ccc(-c2nc([C@@H]3CCC[C@H](F)C3)cnc2N)cc1F)c1cc(F)cc(I)c1. The maximum atomic E-state index is 15.1. The van der Waals surface area contributed by atoms with E-state index in [-0.39, 0.29) is 17.3 Å². The van der Waals surface area contributed by atoms with E-state index in [2.05, 4.69) is 20.6 Å². The molecule has 36 heavy (non-hydrogen) atoms. The van der Waals surface area contributed by atoms with Crippen LogP contribution in [0.25, 0.3) is 11.3 Å². The molecule has 4 N–H and O–H groups in total. The minimum Gasteiger partial charge on any atom is -0.382 e. The molecule has 4 rings (SSSR count). The summed E-state index contributed by atoms with van der Waals surface area (Å²) in [5.74, 6) is -1.75. The van der Waals surface area contributed by atoms with Crippen LogP contribution in [0.5, 0.6) is 0 Å². The van der Waals surface area contributed by atoms with E-state index >= 15 is 4.39 Å². The number of hydrogen-bond donors (Lipinski definition) is 3. The van der Waals surface area contributed by atoms with E-state index in [1.165, 1.54) is 24.3 Å². The summed E-state index contributed by atoms with van der Waals surface area (Å²) in [4.78, 5) is 21.7.